The van der Waals surface area contributed by atoms with E-state index in [1.54, 1.807) is 12.1 Å². The summed E-state index contributed by atoms with van der Waals surface area (Å²) in [6.45, 7) is 4.41. The van der Waals surface area contributed by atoms with E-state index in [-0.39, 0.29) is 18.3 Å². The van der Waals surface area contributed by atoms with Gasteiger partial charge in [-0.1, -0.05) is 50.2 Å². The number of hydrogen-bond donors (Lipinski definition) is 1. The predicted octanol–water partition coefficient (Wildman–Crippen LogP) is 4.27. The lowest BCUT2D eigenvalue weighted by molar-refractivity contribution is 0.264. The molecule has 1 unspecified atom stereocenters. The molecule has 0 amide bonds. The number of hydrogen-bond acceptors (Lipinski definition) is 1. The third-order valence-corrected chi connectivity index (χ3v) is 3.69. The summed E-state index contributed by atoms with van der Waals surface area (Å²) in [5.41, 5.74) is 3.48. The Kier molecular flexibility index (Phi) is 4.91. The number of benzene rings is 2. The number of halogens is 1. The molecule has 2 rings (SSSR count). The molecule has 0 saturated carbocycles. The fourth-order valence-corrected chi connectivity index (χ4v) is 2.35. The first-order valence-corrected chi connectivity index (χ1v) is 7.05. The zero-order valence-corrected chi connectivity index (χ0v) is 12.0. The summed E-state index contributed by atoms with van der Waals surface area (Å²) in [4.78, 5) is 0. The van der Waals surface area contributed by atoms with Crippen molar-refractivity contribution >= 4 is 0 Å². The fourth-order valence-electron chi connectivity index (χ4n) is 2.35. The van der Waals surface area contributed by atoms with Gasteiger partial charge in [-0.2, -0.15) is 0 Å². The molecule has 20 heavy (non-hydrogen) atoms. The maximum absolute atomic E-state index is 12.9. The van der Waals surface area contributed by atoms with Gasteiger partial charge in [-0.05, 0) is 41.2 Å². The SMILES string of the molecule is CC(C)c1ccc(CC(CO)c2ccc(F)cc2)cc1. The highest BCUT2D eigenvalue weighted by Gasteiger charge is 2.11. The van der Waals surface area contributed by atoms with Crippen LogP contribution < -0.4 is 0 Å². The van der Waals surface area contributed by atoms with Crippen LogP contribution in [0.1, 0.15) is 42.4 Å². The van der Waals surface area contributed by atoms with Crippen molar-refractivity contribution in [3.63, 3.8) is 0 Å². The second-order valence-corrected chi connectivity index (χ2v) is 5.53. The molecular weight excluding hydrogens is 251 g/mol. The number of aliphatic hydroxyl groups is 1. The molecule has 2 aromatic rings. The molecular formula is C18H21FO. The molecule has 2 heteroatoms. The van der Waals surface area contributed by atoms with Crippen molar-refractivity contribution in [1.82, 2.24) is 0 Å². The van der Waals surface area contributed by atoms with Gasteiger partial charge in [0.15, 0.2) is 0 Å². The third kappa shape index (κ3) is 3.67. The zero-order valence-electron chi connectivity index (χ0n) is 12.0. The first-order chi connectivity index (χ1) is 9.60. The first-order valence-electron chi connectivity index (χ1n) is 7.05. The Morgan fingerprint density at radius 3 is 1.95 bits per heavy atom. The quantitative estimate of drug-likeness (QED) is 0.862. The van der Waals surface area contributed by atoms with Gasteiger partial charge in [-0.25, -0.2) is 4.39 Å². The van der Waals surface area contributed by atoms with E-state index in [0.29, 0.717) is 5.92 Å². The summed E-state index contributed by atoms with van der Waals surface area (Å²) in [7, 11) is 0. The average molecular weight is 272 g/mol. The van der Waals surface area contributed by atoms with Crippen molar-refractivity contribution in [2.24, 2.45) is 0 Å². The van der Waals surface area contributed by atoms with Gasteiger partial charge in [0.2, 0.25) is 0 Å². The zero-order chi connectivity index (χ0) is 14.5. The van der Waals surface area contributed by atoms with E-state index in [0.717, 1.165) is 12.0 Å². The molecule has 0 spiro atoms. The van der Waals surface area contributed by atoms with Crippen LogP contribution in [0.5, 0.6) is 0 Å². The average Bonchev–Trinajstić information content (AvgIpc) is 2.46. The summed E-state index contributed by atoms with van der Waals surface area (Å²) in [6.07, 6.45) is 0.764. The number of aliphatic hydroxyl groups excluding tert-OH is 1. The minimum absolute atomic E-state index is 0.0144. The summed E-state index contributed by atoms with van der Waals surface area (Å²) in [5, 5.41) is 9.56. The second-order valence-electron chi connectivity index (χ2n) is 5.53. The van der Waals surface area contributed by atoms with Crippen LogP contribution in [0.4, 0.5) is 4.39 Å². The van der Waals surface area contributed by atoms with Crippen molar-refractivity contribution in [2.45, 2.75) is 32.1 Å². The van der Waals surface area contributed by atoms with Crippen LogP contribution in [0.2, 0.25) is 0 Å². The van der Waals surface area contributed by atoms with Crippen molar-refractivity contribution in [3.05, 3.63) is 71.0 Å². The molecule has 1 nitrogen and oxygen atoms in total. The Morgan fingerprint density at radius 2 is 1.45 bits per heavy atom. The van der Waals surface area contributed by atoms with Crippen molar-refractivity contribution in [2.75, 3.05) is 6.61 Å². The van der Waals surface area contributed by atoms with Crippen LogP contribution in [0.25, 0.3) is 0 Å². The van der Waals surface area contributed by atoms with E-state index in [2.05, 4.69) is 38.1 Å². The van der Waals surface area contributed by atoms with Crippen LogP contribution >= 0.6 is 0 Å². The topological polar surface area (TPSA) is 20.2 Å². The van der Waals surface area contributed by atoms with E-state index in [1.165, 1.54) is 23.3 Å². The van der Waals surface area contributed by atoms with Crippen molar-refractivity contribution < 1.29 is 9.50 Å². The lowest BCUT2D eigenvalue weighted by Gasteiger charge is -2.15. The molecule has 0 bridgehead atoms. The Bertz CT molecular complexity index is 528. The van der Waals surface area contributed by atoms with Crippen LogP contribution in [0.15, 0.2) is 48.5 Å². The van der Waals surface area contributed by atoms with Gasteiger partial charge >= 0.3 is 0 Å². The van der Waals surface area contributed by atoms with Crippen LogP contribution in [0, 0.1) is 5.82 Å². The molecule has 0 aliphatic rings. The van der Waals surface area contributed by atoms with Gasteiger partial charge in [0.05, 0.1) is 6.61 Å². The molecule has 0 radical (unpaired) electrons. The lowest BCUT2D eigenvalue weighted by Crippen LogP contribution is -2.08. The largest absolute Gasteiger partial charge is 0.396 e. The number of rotatable bonds is 5. The second kappa shape index (κ2) is 6.67. The highest BCUT2D eigenvalue weighted by atomic mass is 19.1. The maximum atomic E-state index is 12.9. The summed E-state index contributed by atoms with van der Waals surface area (Å²) >= 11 is 0. The molecule has 1 atom stereocenters. The van der Waals surface area contributed by atoms with Gasteiger partial charge in [-0.15, -0.1) is 0 Å². The molecule has 0 aliphatic heterocycles. The summed E-state index contributed by atoms with van der Waals surface area (Å²) in [6, 6.07) is 14.9. The smallest absolute Gasteiger partial charge is 0.123 e. The first kappa shape index (κ1) is 14.7. The van der Waals surface area contributed by atoms with Gasteiger partial charge < -0.3 is 5.11 Å². The highest BCUT2D eigenvalue weighted by molar-refractivity contribution is 5.28. The van der Waals surface area contributed by atoms with Gasteiger partial charge in [0, 0.05) is 5.92 Å². The minimum Gasteiger partial charge on any atom is -0.396 e. The summed E-state index contributed by atoms with van der Waals surface area (Å²) in [5.74, 6) is 0.294. The lowest BCUT2D eigenvalue weighted by atomic mass is 9.91. The van der Waals surface area contributed by atoms with Gasteiger partial charge in [0.1, 0.15) is 5.82 Å². The van der Waals surface area contributed by atoms with Crippen LogP contribution in [-0.2, 0) is 6.42 Å². The fraction of sp³-hybridized carbons (Fsp3) is 0.333. The minimum atomic E-state index is -0.244. The van der Waals surface area contributed by atoms with E-state index < -0.39 is 0 Å². The molecule has 1 N–H and O–H groups in total. The predicted molar refractivity (Wildman–Crippen MR) is 80.5 cm³/mol. The molecule has 0 heterocycles. The van der Waals surface area contributed by atoms with Gasteiger partial charge in [0.25, 0.3) is 0 Å². The third-order valence-electron chi connectivity index (χ3n) is 3.69. The molecule has 2 aromatic carbocycles. The molecule has 106 valence electrons. The molecule has 0 aromatic heterocycles. The van der Waals surface area contributed by atoms with E-state index >= 15 is 0 Å². The Balaban J connectivity index is 2.11. The van der Waals surface area contributed by atoms with E-state index in [1.807, 2.05) is 0 Å². The Labute approximate surface area is 120 Å². The Hall–Kier alpha value is -1.67. The monoisotopic (exact) mass is 272 g/mol. The van der Waals surface area contributed by atoms with Gasteiger partial charge in [-0.3, -0.25) is 0 Å². The van der Waals surface area contributed by atoms with E-state index in [9.17, 15) is 9.50 Å². The summed E-state index contributed by atoms with van der Waals surface area (Å²) < 4.78 is 12.9. The van der Waals surface area contributed by atoms with Crippen LogP contribution in [0.3, 0.4) is 0 Å². The standard InChI is InChI=1S/C18H21FO/c1-13(2)15-5-3-14(4-6-15)11-17(12-20)16-7-9-18(19)10-8-16/h3-10,13,17,20H,11-12H2,1-2H3. The van der Waals surface area contributed by atoms with E-state index in [4.69, 9.17) is 0 Å². The molecule has 0 fully saturated rings. The Morgan fingerprint density at radius 1 is 0.900 bits per heavy atom. The van der Waals surface area contributed by atoms with Crippen molar-refractivity contribution in [1.29, 1.82) is 0 Å². The molecule has 0 saturated heterocycles. The van der Waals surface area contributed by atoms with Crippen molar-refractivity contribution in [3.8, 4) is 0 Å². The normalized spacial score (nSPS) is 12.7. The molecule has 0 aliphatic carbocycles. The highest BCUT2D eigenvalue weighted by Crippen LogP contribution is 2.22. The maximum Gasteiger partial charge on any atom is 0.123 e. The van der Waals surface area contributed by atoms with Crippen LogP contribution in [-0.4, -0.2) is 11.7 Å².